The third kappa shape index (κ3) is 6.24. The summed E-state index contributed by atoms with van der Waals surface area (Å²) in [6.45, 7) is 9.94. The second kappa shape index (κ2) is 10.5. The maximum atomic E-state index is 8.56. The van der Waals surface area contributed by atoms with E-state index >= 15 is 0 Å². The summed E-state index contributed by atoms with van der Waals surface area (Å²) in [6.07, 6.45) is 1.59. The van der Waals surface area contributed by atoms with Crippen molar-refractivity contribution in [3.63, 3.8) is 0 Å². The fraction of sp³-hybridized carbons (Fsp3) is 0.346. The van der Waals surface area contributed by atoms with Crippen LogP contribution in [0, 0.1) is 6.07 Å². The first-order valence-corrected chi connectivity index (χ1v) is 10.3. The number of aliphatic hydroxyl groups excluding tert-OH is 2. The number of furan rings is 1. The van der Waals surface area contributed by atoms with Crippen molar-refractivity contribution < 1.29 is 34.7 Å². The number of fused-ring (bicyclic) bond motifs is 3. The number of aromatic nitrogens is 1. The van der Waals surface area contributed by atoms with Crippen molar-refractivity contribution in [3.8, 4) is 11.3 Å². The Morgan fingerprint density at radius 3 is 2.29 bits per heavy atom. The SMILES string of the molecule is CC(C)(C)c1ccnc(-c2[c-]ccc3c2oc2ccccc23)c1.CC(O)CC(C)O.[Ir]. The van der Waals surface area contributed by atoms with E-state index in [1.54, 1.807) is 13.8 Å². The number of hydrogen-bond donors (Lipinski definition) is 2. The maximum absolute atomic E-state index is 8.56. The van der Waals surface area contributed by atoms with E-state index in [0.29, 0.717) is 6.42 Å². The first-order valence-electron chi connectivity index (χ1n) is 10.3. The van der Waals surface area contributed by atoms with Crippen molar-refractivity contribution in [1.82, 2.24) is 4.98 Å². The van der Waals surface area contributed by atoms with Gasteiger partial charge in [-0.2, -0.15) is 0 Å². The van der Waals surface area contributed by atoms with Gasteiger partial charge in [-0.15, -0.1) is 18.2 Å². The average Bonchev–Trinajstić information content (AvgIpc) is 3.05. The molecule has 2 aromatic heterocycles. The van der Waals surface area contributed by atoms with Crippen LogP contribution in [-0.4, -0.2) is 27.4 Å². The van der Waals surface area contributed by atoms with Crippen LogP contribution >= 0.6 is 0 Å². The topological polar surface area (TPSA) is 66.5 Å². The van der Waals surface area contributed by atoms with Crippen molar-refractivity contribution in [1.29, 1.82) is 0 Å². The molecule has 0 saturated heterocycles. The minimum Gasteiger partial charge on any atom is -0.501 e. The molecule has 0 spiro atoms. The molecule has 2 aromatic carbocycles. The monoisotopic (exact) mass is 597 g/mol. The summed E-state index contributed by atoms with van der Waals surface area (Å²) in [5.41, 5.74) is 4.91. The van der Waals surface area contributed by atoms with Crippen LogP contribution in [0.15, 0.2) is 59.1 Å². The standard InChI is InChI=1S/C21H18NO.C5H12O2.Ir/c1-21(2,3)14-11-12-22-18(13-14)17-9-6-8-16-15-7-4-5-10-19(15)23-20(16)17;1-4(6)3-5(2)7;/h4-8,10-13H,1-3H3;4-7H,3H2,1-2H3;/q-1;;. The van der Waals surface area contributed by atoms with Crippen molar-refractivity contribution >= 4 is 21.9 Å². The molecule has 31 heavy (non-hydrogen) atoms. The van der Waals surface area contributed by atoms with E-state index in [1.165, 1.54) is 5.56 Å². The molecular weight excluding hydrogens is 567 g/mol. The van der Waals surface area contributed by atoms with Crippen LogP contribution in [0.25, 0.3) is 33.2 Å². The smallest absolute Gasteiger partial charge is 0.120 e. The molecule has 1 radical (unpaired) electrons. The zero-order valence-electron chi connectivity index (χ0n) is 18.6. The first kappa shape index (κ1) is 25.2. The largest absolute Gasteiger partial charge is 0.501 e. The number of rotatable bonds is 3. The molecule has 0 amide bonds. The average molecular weight is 597 g/mol. The van der Waals surface area contributed by atoms with Crippen molar-refractivity contribution in [2.24, 2.45) is 0 Å². The van der Waals surface area contributed by atoms with E-state index in [1.807, 2.05) is 30.5 Å². The summed E-state index contributed by atoms with van der Waals surface area (Å²) < 4.78 is 6.09. The molecular formula is C26H30IrNO3-. The molecule has 2 heterocycles. The molecule has 0 fully saturated rings. The number of para-hydroxylation sites is 1. The minimum absolute atomic E-state index is 0. The van der Waals surface area contributed by atoms with Crippen molar-refractivity contribution in [2.75, 3.05) is 0 Å². The number of pyridine rings is 1. The molecule has 4 aromatic rings. The van der Waals surface area contributed by atoms with Crippen LogP contribution in [0.1, 0.15) is 46.6 Å². The zero-order valence-corrected chi connectivity index (χ0v) is 21.0. The Kier molecular flexibility index (Phi) is 8.56. The second-order valence-corrected chi connectivity index (χ2v) is 8.81. The predicted molar refractivity (Wildman–Crippen MR) is 122 cm³/mol. The molecule has 0 saturated carbocycles. The summed E-state index contributed by atoms with van der Waals surface area (Å²) in [5.74, 6) is 0. The molecule has 0 aliphatic rings. The van der Waals surface area contributed by atoms with Crippen LogP contribution in [0.3, 0.4) is 0 Å². The number of nitrogens with zero attached hydrogens (tertiary/aromatic N) is 1. The van der Waals surface area contributed by atoms with Crippen LogP contribution in [0.5, 0.6) is 0 Å². The Morgan fingerprint density at radius 1 is 1.00 bits per heavy atom. The molecule has 2 atom stereocenters. The molecule has 0 aliphatic heterocycles. The molecule has 0 bridgehead atoms. The van der Waals surface area contributed by atoms with Gasteiger partial charge >= 0.3 is 0 Å². The molecule has 5 heteroatoms. The van der Waals surface area contributed by atoms with Crippen LogP contribution in [0.2, 0.25) is 0 Å². The summed E-state index contributed by atoms with van der Waals surface area (Å²) in [6, 6.07) is 19.6. The number of aliphatic hydroxyl groups is 2. The number of benzene rings is 2. The van der Waals surface area contributed by atoms with Gasteiger partial charge < -0.3 is 19.6 Å². The van der Waals surface area contributed by atoms with Crippen molar-refractivity contribution in [3.05, 3.63) is 66.4 Å². The predicted octanol–water partition coefficient (Wildman–Crippen LogP) is 5.88. The van der Waals surface area contributed by atoms with E-state index in [2.05, 4.69) is 56.1 Å². The summed E-state index contributed by atoms with van der Waals surface area (Å²) in [7, 11) is 0. The van der Waals surface area contributed by atoms with E-state index in [-0.39, 0.29) is 37.7 Å². The van der Waals surface area contributed by atoms with Crippen LogP contribution < -0.4 is 0 Å². The third-order valence-electron chi connectivity index (χ3n) is 4.90. The molecule has 4 nitrogen and oxygen atoms in total. The number of hydrogen-bond acceptors (Lipinski definition) is 4. The van der Waals surface area contributed by atoms with Crippen molar-refractivity contribution in [2.45, 2.75) is 58.7 Å². The van der Waals surface area contributed by atoms with Gasteiger partial charge in [0.2, 0.25) is 0 Å². The second-order valence-electron chi connectivity index (χ2n) is 8.81. The Bertz CT molecular complexity index is 1120. The Hall–Kier alpha value is -2.04. The van der Waals surface area contributed by atoms with Gasteiger partial charge in [0.15, 0.2) is 0 Å². The summed E-state index contributed by atoms with van der Waals surface area (Å²) >= 11 is 0. The van der Waals surface area contributed by atoms with Gasteiger partial charge in [-0.1, -0.05) is 56.0 Å². The minimum atomic E-state index is -0.375. The van der Waals surface area contributed by atoms with Gasteiger partial charge in [0, 0.05) is 31.7 Å². The molecule has 4 rings (SSSR count). The van der Waals surface area contributed by atoms with E-state index in [9.17, 15) is 0 Å². The fourth-order valence-electron chi connectivity index (χ4n) is 3.41. The van der Waals surface area contributed by atoms with Gasteiger partial charge in [-0.25, -0.2) is 0 Å². The van der Waals surface area contributed by atoms with Gasteiger partial charge in [-0.3, -0.25) is 0 Å². The summed E-state index contributed by atoms with van der Waals surface area (Å²) in [4.78, 5) is 4.55. The third-order valence-corrected chi connectivity index (χ3v) is 4.90. The van der Waals surface area contributed by atoms with E-state index < -0.39 is 0 Å². The summed E-state index contributed by atoms with van der Waals surface area (Å²) in [5, 5.41) is 19.4. The molecule has 167 valence electrons. The van der Waals surface area contributed by atoms with Crippen LogP contribution in [0.4, 0.5) is 0 Å². The Morgan fingerprint density at radius 2 is 1.68 bits per heavy atom. The van der Waals surface area contributed by atoms with Gasteiger partial charge in [0.05, 0.1) is 17.8 Å². The molecule has 0 aliphatic carbocycles. The zero-order chi connectivity index (χ0) is 21.9. The van der Waals surface area contributed by atoms with Gasteiger partial charge in [0.25, 0.3) is 0 Å². The normalized spacial score (nSPS) is 13.3. The van der Waals surface area contributed by atoms with Crippen LogP contribution in [-0.2, 0) is 25.5 Å². The molecule has 2 N–H and O–H groups in total. The van der Waals surface area contributed by atoms with Gasteiger partial charge in [-0.05, 0) is 49.1 Å². The quantitative estimate of drug-likeness (QED) is 0.290. The maximum Gasteiger partial charge on any atom is 0.120 e. The van der Waals surface area contributed by atoms with E-state index in [0.717, 1.165) is 33.2 Å². The Balaban J connectivity index is 0.000000373. The first-order chi connectivity index (χ1) is 14.2. The van der Waals surface area contributed by atoms with Gasteiger partial charge in [0.1, 0.15) is 5.58 Å². The van der Waals surface area contributed by atoms with E-state index in [4.69, 9.17) is 14.6 Å². The fourth-order valence-corrected chi connectivity index (χ4v) is 3.41. The molecule has 2 unspecified atom stereocenters. The Labute approximate surface area is 197 Å².